The van der Waals surface area contributed by atoms with Crippen LogP contribution in [0.15, 0.2) is 77.0 Å². The first-order valence-corrected chi connectivity index (χ1v) is 12.9. The first-order chi connectivity index (χ1) is 17.2. The van der Waals surface area contributed by atoms with Crippen molar-refractivity contribution in [2.75, 3.05) is 22.9 Å². The molecule has 35 heavy (non-hydrogen) atoms. The number of para-hydroxylation sites is 2. The first-order valence-electron chi connectivity index (χ1n) is 12.1. The van der Waals surface area contributed by atoms with E-state index < -0.39 is 0 Å². The molecule has 178 valence electrons. The minimum atomic E-state index is 0.587. The third kappa shape index (κ3) is 5.77. The van der Waals surface area contributed by atoms with Gasteiger partial charge in [-0.05, 0) is 68.8 Å². The van der Waals surface area contributed by atoms with Crippen LogP contribution in [-0.2, 0) is 0 Å². The molecule has 8 heteroatoms. The van der Waals surface area contributed by atoms with E-state index >= 15 is 0 Å². The second kappa shape index (κ2) is 10.8. The van der Waals surface area contributed by atoms with Gasteiger partial charge in [-0.15, -0.1) is 0 Å². The molecule has 1 aliphatic rings. The highest BCUT2D eigenvalue weighted by Crippen LogP contribution is 2.34. The van der Waals surface area contributed by atoms with Gasteiger partial charge in [0.1, 0.15) is 0 Å². The fourth-order valence-electron chi connectivity index (χ4n) is 4.25. The van der Waals surface area contributed by atoms with Crippen LogP contribution in [0.2, 0.25) is 0 Å². The summed E-state index contributed by atoms with van der Waals surface area (Å²) in [6, 6.07) is 22.4. The van der Waals surface area contributed by atoms with Gasteiger partial charge in [-0.1, -0.05) is 49.2 Å². The first kappa shape index (κ1) is 23.2. The van der Waals surface area contributed by atoms with Crippen molar-refractivity contribution in [3.8, 4) is 0 Å². The molecular weight excluding hydrogens is 454 g/mol. The molecule has 0 aliphatic carbocycles. The Kier molecular flexibility index (Phi) is 7.18. The second-order valence-corrected chi connectivity index (χ2v) is 9.60. The summed E-state index contributed by atoms with van der Waals surface area (Å²) in [6.45, 7) is 5.86. The fraction of sp³-hybridized carbons (Fsp3) is 0.296. The number of benzene rings is 2. The van der Waals surface area contributed by atoms with E-state index in [0.717, 1.165) is 48.7 Å². The predicted octanol–water partition coefficient (Wildman–Crippen LogP) is 6.28. The van der Waals surface area contributed by atoms with Crippen LogP contribution in [0.4, 0.5) is 23.3 Å². The zero-order valence-electron chi connectivity index (χ0n) is 20.1. The van der Waals surface area contributed by atoms with Gasteiger partial charge in [0.05, 0.1) is 0 Å². The Bertz CT molecular complexity index is 1200. The van der Waals surface area contributed by atoms with Crippen molar-refractivity contribution in [1.29, 1.82) is 0 Å². The molecule has 2 aromatic carbocycles. The van der Waals surface area contributed by atoms with E-state index in [1.165, 1.54) is 24.6 Å². The topological polar surface area (TPSA) is 70.9 Å². The van der Waals surface area contributed by atoms with Gasteiger partial charge in [0.25, 0.3) is 0 Å². The van der Waals surface area contributed by atoms with Crippen molar-refractivity contribution >= 4 is 35.0 Å². The molecule has 1 aliphatic heterocycles. The van der Waals surface area contributed by atoms with Gasteiger partial charge in [-0.25, -0.2) is 9.97 Å². The summed E-state index contributed by atoms with van der Waals surface area (Å²) in [7, 11) is 0. The molecule has 1 fully saturated rings. The molecule has 0 unspecified atom stereocenters. The monoisotopic (exact) mass is 483 g/mol. The number of aromatic nitrogens is 5. The molecule has 0 N–H and O–H groups in total. The van der Waals surface area contributed by atoms with Crippen LogP contribution >= 0.6 is 11.8 Å². The van der Waals surface area contributed by atoms with E-state index in [9.17, 15) is 0 Å². The van der Waals surface area contributed by atoms with E-state index in [4.69, 9.17) is 15.0 Å². The van der Waals surface area contributed by atoms with Gasteiger partial charge in [0, 0.05) is 35.9 Å². The van der Waals surface area contributed by atoms with Gasteiger partial charge < -0.3 is 4.90 Å². The zero-order valence-corrected chi connectivity index (χ0v) is 20.9. The van der Waals surface area contributed by atoms with Gasteiger partial charge in [-0.2, -0.15) is 15.0 Å². The summed E-state index contributed by atoms with van der Waals surface area (Å²) in [5.74, 6) is 1.30. The largest absolute Gasteiger partial charge is 0.341 e. The molecule has 7 nitrogen and oxygen atoms in total. The third-order valence-corrected chi connectivity index (χ3v) is 6.58. The summed E-state index contributed by atoms with van der Waals surface area (Å²) in [4.78, 5) is 28.4. The van der Waals surface area contributed by atoms with Gasteiger partial charge >= 0.3 is 0 Å². The van der Waals surface area contributed by atoms with E-state index in [0.29, 0.717) is 22.2 Å². The Balaban J connectivity index is 1.62. The smallest absolute Gasteiger partial charge is 0.240 e. The minimum Gasteiger partial charge on any atom is -0.341 e. The number of anilines is 4. The van der Waals surface area contributed by atoms with Crippen LogP contribution in [0.25, 0.3) is 0 Å². The lowest BCUT2D eigenvalue weighted by Crippen LogP contribution is -2.27. The van der Waals surface area contributed by atoms with Crippen LogP contribution < -0.4 is 9.80 Å². The summed E-state index contributed by atoms with van der Waals surface area (Å²) >= 11 is 1.38. The highest BCUT2D eigenvalue weighted by molar-refractivity contribution is 7.99. The average molecular weight is 484 g/mol. The Hall–Kier alpha value is -3.52. The van der Waals surface area contributed by atoms with Crippen LogP contribution in [0.3, 0.4) is 0 Å². The summed E-state index contributed by atoms with van der Waals surface area (Å²) in [5.41, 5.74) is 3.84. The zero-order chi connectivity index (χ0) is 24.0. The summed E-state index contributed by atoms with van der Waals surface area (Å²) in [6.07, 6.45) is 4.77. The SMILES string of the molecule is Cc1cc(C)nc(Sc2nc(N3CCCCCC3)nc(N(c3ccccc3)c3ccccc3)n2)n1. The van der Waals surface area contributed by atoms with Crippen molar-refractivity contribution in [3.63, 3.8) is 0 Å². The summed E-state index contributed by atoms with van der Waals surface area (Å²) in [5, 5.41) is 1.24. The van der Waals surface area contributed by atoms with E-state index in [1.807, 2.05) is 56.3 Å². The number of nitrogens with zero attached hydrogens (tertiary/aromatic N) is 7. The van der Waals surface area contributed by atoms with Crippen molar-refractivity contribution in [2.24, 2.45) is 0 Å². The maximum Gasteiger partial charge on any atom is 0.240 e. The molecule has 0 spiro atoms. The van der Waals surface area contributed by atoms with Crippen LogP contribution in [0.1, 0.15) is 37.1 Å². The molecular formula is C27H29N7S. The standard InChI is InChI=1S/C27H29N7S/c1-20-19-21(2)29-26(28-20)35-27-31-24(33-17-11-3-4-12-18-33)30-25(32-27)34(22-13-7-5-8-14-22)23-15-9-6-10-16-23/h5-10,13-16,19H,3-4,11-12,17-18H2,1-2H3. The molecule has 0 radical (unpaired) electrons. The maximum atomic E-state index is 5.00. The highest BCUT2D eigenvalue weighted by Gasteiger charge is 2.21. The van der Waals surface area contributed by atoms with Crippen LogP contribution in [0, 0.1) is 13.8 Å². The molecule has 1 saturated heterocycles. The Labute approximate surface area is 210 Å². The molecule has 3 heterocycles. The lowest BCUT2D eigenvalue weighted by molar-refractivity contribution is 0.726. The molecule has 0 atom stereocenters. The maximum absolute atomic E-state index is 5.00. The van der Waals surface area contributed by atoms with Crippen molar-refractivity contribution < 1.29 is 0 Å². The van der Waals surface area contributed by atoms with E-state index in [2.05, 4.69) is 44.0 Å². The predicted molar refractivity (Wildman–Crippen MR) is 141 cm³/mol. The van der Waals surface area contributed by atoms with Crippen LogP contribution in [0.5, 0.6) is 0 Å². The Morgan fingerprint density at radius 3 is 1.77 bits per heavy atom. The Morgan fingerprint density at radius 2 is 1.20 bits per heavy atom. The quantitative estimate of drug-likeness (QED) is 0.297. The lowest BCUT2D eigenvalue weighted by atomic mass is 10.2. The van der Waals surface area contributed by atoms with Crippen molar-refractivity contribution in [2.45, 2.75) is 49.8 Å². The molecule has 2 aromatic heterocycles. The average Bonchev–Trinajstić information content (AvgIpc) is 3.15. The summed E-state index contributed by atoms with van der Waals surface area (Å²) < 4.78 is 0. The van der Waals surface area contributed by atoms with Crippen molar-refractivity contribution in [3.05, 3.63) is 78.1 Å². The van der Waals surface area contributed by atoms with Gasteiger partial charge in [-0.3, -0.25) is 4.90 Å². The van der Waals surface area contributed by atoms with Gasteiger partial charge in [0.15, 0.2) is 5.16 Å². The van der Waals surface area contributed by atoms with E-state index in [1.54, 1.807) is 0 Å². The van der Waals surface area contributed by atoms with Crippen molar-refractivity contribution in [1.82, 2.24) is 24.9 Å². The molecule has 5 rings (SSSR count). The third-order valence-electron chi connectivity index (χ3n) is 5.85. The molecule has 0 amide bonds. The normalized spacial score (nSPS) is 13.9. The second-order valence-electron chi connectivity index (χ2n) is 8.66. The van der Waals surface area contributed by atoms with Gasteiger partial charge in [0.2, 0.25) is 17.1 Å². The number of hydrogen-bond donors (Lipinski definition) is 0. The molecule has 0 bridgehead atoms. The Morgan fingerprint density at radius 1 is 0.657 bits per heavy atom. The highest BCUT2D eigenvalue weighted by atomic mass is 32.2. The minimum absolute atomic E-state index is 0.587. The fourth-order valence-corrected chi connectivity index (χ4v) is 5.05. The van der Waals surface area contributed by atoms with E-state index in [-0.39, 0.29) is 0 Å². The molecule has 4 aromatic rings. The lowest BCUT2D eigenvalue weighted by Gasteiger charge is -2.26. The number of hydrogen-bond acceptors (Lipinski definition) is 8. The number of aryl methyl sites for hydroxylation is 2. The van der Waals surface area contributed by atoms with Crippen LogP contribution in [-0.4, -0.2) is 38.0 Å². The molecule has 0 saturated carbocycles. The number of rotatable bonds is 6.